The molecular formula is C22H37N4OPS2. The van der Waals surface area contributed by atoms with E-state index in [-0.39, 0.29) is 6.10 Å². The summed E-state index contributed by atoms with van der Waals surface area (Å²) in [6.07, 6.45) is 7.74. The number of rotatable bonds is 11. The molecule has 1 heterocycles. The Morgan fingerprint density at radius 3 is 2.77 bits per heavy atom. The van der Waals surface area contributed by atoms with Crippen LogP contribution in [0.3, 0.4) is 0 Å². The van der Waals surface area contributed by atoms with Gasteiger partial charge in [-0.15, -0.1) is 9.24 Å². The largest absolute Gasteiger partial charge is 0.489 e. The lowest BCUT2D eigenvalue weighted by atomic mass is 10.1. The molecule has 1 fully saturated rings. The number of thioether (sulfide) groups is 1. The smallest absolute Gasteiger partial charge is 0.199 e. The highest BCUT2D eigenvalue weighted by atomic mass is 32.2. The van der Waals surface area contributed by atoms with E-state index in [9.17, 15) is 0 Å². The van der Waals surface area contributed by atoms with Crippen LogP contribution in [0.15, 0.2) is 29.3 Å². The monoisotopic (exact) mass is 468 g/mol. The highest BCUT2D eigenvalue weighted by molar-refractivity contribution is 8.14. The van der Waals surface area contributed by atoms with Gasteiger partial charge < -0.3 is 15.8 Å². The number of likely N-dealkylation sites (tertiary alicyclic amines) is 1. The minimum absolute atomic E-state index is 0.276. The molecule has 0 radical (unpaired) electrons. The van der Waals surface area contributed by atoms with Crippen molar-refractivity contribution in [3.63, 3.8) is 0 Å². The molecule has 0 aromatic heterocycles. The Balaban J connectivity index is 1.70. The molecular weight excluding hydrogens is 431 g/mol. The fourth-order valence-corrected chi connectivity index (χ4v) is 4.89. The fourth-order valence-electron chi connectivity index (χ4n) is 3.38. The first-order valence-electron chi connectivity index (χ1n) is 11.0. The molecule has 1 aromatic rings. The van der Waals surface area contributed by atoms with Gasteiger partial charge in [-0.25, -0.2) is 0 Å². The molecule has 30 heavy (non-hydrogen) atoms. The number of benzene rings is 1. The summed E-state index contributed by atoms with van der Waals surface area (Å²) in [6.45, 7) is 7.62. The average molecular weight is 469 g/mol. The molecule has 2 rings (SSSR count). The van der Waals surface area contributed by atoms with Gasteiger partial charge in [0.1, 0.15) is 11.9 Å². The lowest BCUT2D eigenvalue weighted by molar-refractivity contribution is 0.202. The van der Waals surface area contributed by atoms with E-state index in [0.717, 1.165) is 43.2 Å². The molecule has 0 aliphatic carbocycles. The van der Waals surface area contributed by atoms with Crippen molar-refractivity contribution in [2.24, 2.45) is 10.7 Å². The first-order valence-corrected chi connectivity index (χ1v) is 13.1. The summed E-state index contributed by atoms with van der Waals surface area (Å²) >= 11 is 6.90. The van der Waals surface area contributed by atoms with Crippen LogP contribution in [0, 0.1) is 0 Å². The lowest BCUT2D eigenvalue weighted by Gasteiger charge is -2.15. The van der Waals surface area contributed by atoms with Gasteiger partial charge in [0.25, 0.3) is 0 Å². The predicted octanol–water partition coefficient (Wildman–Crippen LogP) is 5.12. The number of unbranched alkanes of at least 4 members (excludes halogenated alkanes) is 3. The van der Waals surface area contributed by atoms with Crippen molar-refractivity contribution in [2.45, 2.75) is 64.1 Å². The van der Waals surface area contributed by atoms with Gasteiger partial charge in [-0.2, -0.15) is 4.99 Å². The zero-order valence-corrected chi connectivity index (χ0v) is 21.1. The van der Waals surface area contributed by atoms with E-state index in [1.165, 1.54) is 32.1 Å². The van der Waals surface area contributed by atoms with Crippen molar-refractivity contribution in [1.82, 2.24) is 4.90 Å². The molecule has 5 nitrogen and oxygen atoms in total. The second-order valence-corrected chi connectivity index (χ2v) is 10.1. The zero-order valence-electron chi connectivity index (χ0n) is 18.3. The highest BCUT2D eigenvalue weighted by Crippen LogP contribution is 2.21. The topological polar surface area (TPSA) is 62.9 Å². The van der Waals surface area contributed by atoms with Gasteiger partial charge in [0.2, 0.25) is 0 Å². The van der Waals surface area contributed by atoms with Gasteiger partial charge >= 0.3 is 0 Å². The average Bonchev–Trinajstić information content (AvgIpc) is 3.18. The molecule has 0 amide bonds. The van der Waals surface area contributed by atoms with Crippen LogP contribution in [-0.4, -0.2) is 52.3 Å². The second kappa shape index (κ2) is 14.2. The number of hydrogen-bond acceptors (Lipinski definition) is 4. The van der Waals surface area contributed by atoms with E-state index in [1.807, 2.05) is 24.3 Å². The third-order valence-electron chi connectivity index (χ3n) is 5.17. The first-order chi connectivity index (χ1) is 14.5. The van der Waals surface area contributed by atoms with E-state index in [0.29, 0.717) is 15.9 Å². The second-order valence-electron chi connectivity index (χ2n) is 7.75. The van der Waals surface area contributed by atoms with Crippen LogP contribution < -0.4 is 15.8 Å². The van der Waals surface area contributed by atoms with Crippen molar-refractivity contribution >= 4 is 49.2 Å². The number of likely N-dealkylation sites (N-methyl/N-ethyl adjacent to an activating group) is 1. The number of ether oxygens (including phenoxy) is 1. The molecule has 1 aliphatic heterocycles. The maximum atomic E-state index is 6.07. The minimum Gasteiger partial charge on any atom is -0.489 e. The maximum Gasteiger partial charge on any atom is 0.199 e. The summed E-state index contributed by atoms with van der Waals surface area (Å²) in [7, 11) is 2.92. The van der Waals surface area contributed by atoms with Crippen LogP contribution in [-0.2, 0) is 0 Å². The van der Waals surface area contributed by atoms with Crippen molar-refractivity contribution in [3.8, 4) is 5.75 Å². The summed E-state index contributed by atoms with van der Waals surface area (Å²) in [6, 6.07) is 7.86. The number of nitrogens with zero attached hydrogens (tertiary/aromatic N) is 2. The Morgan fingerprint density at radius 1 is 1.33 bits per heavy atom. The van der Waals surface area contributed by atoms with Crippen LogP contribution in [0.5, 0.6) is 5.75 Å². The summed E-state index contributed by atoms with van der Waals surface area (Å²) < 4.78 is 6.07. The van der Waals surface area contributed by atoms with Crippen molar-refractivity contribution < 1.29 is 4.74 Å². The number of hydrogen-bond donors (Lipinski definition) is 2. The van der Waals surface area contributed by atoms with Crippen LogP contribution in [0.4, 0.5) is 5.69 Å². The molecule has 168 valence electrons. The third-order valence-corrected chi connectivity index (χ3v) is 7.26. The van der Waals surface area contributed by atoms with E-state index < -0.39 is 0 Å². The van der Waals surface area contributed by atoms with Crippen molar-refractivity contribution in [2.75, 3.05) is 30.7 Å². The van der Waals surface area contributed by atoms with Gasteiger partial charge in [0.05, 0.1) is 0 Å². The Morgan fingerprint density at radius 2 is 2.10 bits per heavy atom. The first kappa shape index (κ1) is 25.4. The summed E-state index contributed by atoms with van der Waals surface area (Å²) in [5.41, 5.74) is 7.48. The van der Waals surface area contributed by atoms with E-state index >= 15 is 0 Å². The third kappa shape index (κ3) is 9.95. The van der Waals surface area contributed by atoms with Crippen molar-refractivity contribution in [3.05, 3.63) is 24.3 Å². The molecule has 0 spiro atoms. The molecule has 3 unspecified atom stereocenters. The molecule has 1 saturated heterocycles. The van der Waals surface area contributed by atoms with Gasteiger partial charge in [-0.3, -0.25) is 4.90 Å². The standard InChI is InChI=1S/C22H37N4OPS2/c1-3-5-6-7-8-20(28)16-30-21(23)25-22(29)24-17-9-11-18(12-10-17)27-19-13-14-26(4-2)15-19/h9-12,19-20H,3-8,13-16,28H2,1-2H3,(H3,23,24,25,29). The Bertz CT molecular complexity index is 672. The van der Waals surface area contributed by atoms with E-state index in [1.54, 1.807) is 11.8 Å². The number of anilines is 1. The molecule has 0 bridgehead atoms. The Hall–Kier alpha value is -0.880. The van der Waals surface area contributed by atoms with Gasteiger partial charge in [0.15, 0.2) is 10.3 Å². The highest BCUT2D eigenvalue weighted by Gasteiger charge is 2.22. The molecule has 3 N–H and O–H groups in total. The summed E-state index contributed by atoms with van der Waals surface area (Å²) in [5, 5.41) is 4.02. The lowest BCUT2D eigenvalue weighted by Crippen LogP contribution is -2.24. The van der Waals surface area contributed by atoms with Crippen LogP contribution >= 0.6 is 33.2 Å². The number of nitrogens with two attached hydrogens (primary N) is 1. The van der Waals surface area contributed by atoms with Crippen molar-refractivity contribution in [1.29, 1.82) is 0 Å². The van der Waals surface area contributed by atoms with Gasteiger partial charge in [-0.1, -0.05) is 51.3 Å². The molecule has 0 saturated carbocycles. The van der Waals surface area contributed by atoms with Crippen LogP contribution in [0.2, 0.25) is 0 Å². The molecule has 3 atom stereocenters. The van der Waals surface area contributed by atoms with Gasteiger partial charge in [0, 0.05) is 24.5 Å². The van der Waals surface area contributed by atoms with Gasteiger partial charge in [-0.05, 0) is 61.5 Å². The summed E-state index contributed by atoms with van der Waals surface area (Å²) in [4.78, 5) is 6.72. The Kier molecular flexibility index (Phi) is 12.0. The minimum atomic E-state index is 0.276. The quantitative estimate of drug-likeness (QED) is 0.155. The molecule has 1 aromatic carbocycles. The van der Waals surface area contributed by atoms with E-state index in [2.05, 4.69) is 38.3 Å². The fraction of sp³-hybridized carbons (Fsp3) is 0.636. The number of nitrogens with one attached hydrogen (secondary N) is 1. The number of amidine groups is 1. The summed E-state index contributed by atoms with van der Waals surface area (Å²) in [5.74, 6) is 1.83. The molecule has 1 aliphatic rings. The Labute approximate surface area is 194 Å². The number of thiocarbonyl (C=S) groups is 1. The SMILES string of the molecule is CCCCCCC(P)CS/C(N)=N/C(=S)Nc1ccc(OC2CCN(CC)C2)cc1. The van der Waals surface area contributed by atoms with Crippen LogP contribution in [0.1, 0.15) is 52.4 Å². The number of aliphatic imine (C=N–C) groups is 1. The zero-order chi connectivity index (χ0) is 21.8. The predicted molar refractivity (Wildman–Crippen MR) is 140 cm³/mol. The normalized spacial score (nSPS) is 18.4. The molecule has 8 heteroatoms. The van der Waals surface area contributed by atoms with Crippen LogP contribution in [0.25, 0.3) is 0 Å². The maximum absolute atomic E-state index is 6.07. The van der Waals surface area contributed by atoms with E-state index in [4.69, 9.17) is 22.7 Å².